The second kappa shape index (κ2) is 23.8. The molecule has 9 atom stereocenters. The number of esters is 4. The molecular formula is C47H70O15. The number of cyclic esters (lactones) is 2. The van der Waals surface area contributed by atoms with Crippen LogP contribution in [0.1, 0.15) is 124 Å². The summed E-state index contributed by atoms with van der Waals surface area (Å²) >= 11 is 0. The predicted octanol–water partition coefficient (Wildman–Crippen LogP) is 5.93. The zero-order valence-corrected chi connectivity index (χ0v) is 37.6. The van der Waals surface area contributed by atoms with Gasteiger partial charge in [-0.2, -0.15) is 0 Å². The van der Waals surface area contributed by atoms with Crippen LogP contribution in [0, 0.1) is 10.8 Å². The molecule has 15 heteroatoms. The van der Waals surface area contributed by atoms with Gasteiger partial charge in [0, 0.05) is 36.2 Å². The largest absolute Gasteiger partial charge is 0.466 e. The van der Waals surface area contributed by atoms with Crippen molar-refractivity contribution in [3.63, 3.8) is 0 Å². The molecule has 0 amide bonds. The molecule has 1 aromatic carbocycles. The average Bonchev–Trinajstić information content (AvgIpc) is 3.22. The molecule has 0 aromatic heterocycles. The summed E-state index contributed by atoms with van der Waals surface area (Å²) in [7, 11) is 1.21. The summed E-state index contributed by atoms with van der Waals surface area (Å²) in [6.07, 6.45) is 0.421. The van der Waals surface area contributed by atoms with Gasteiger partial charge in [0.25, 0.3) is 0 Å². The van der Waals surface area contributed by atoms with E-state index in [9.17, 15) is 34.5 Å². The molecule has 3 aliphatic heterocycles. The van der Waals surface area contributed by atoms with Crippen molar-refractivity contribution < 1.29 is 72.4 Å². The van der Waals surface area contributed by atoms with E-state index >= 15 is 0 Å². The highest BCUT2D eigenvalue weighted by Gasteiger charge is 2.58. The number of aliphatic hydroxyl groups is 3. The fourth-order valence-electron chi connectivity index (χ4n) is 7.74. The number of benzene rings is 1. The molecule has 2 fully saturated rings. The summed E-state index contributed by atoms with van der Waals surface area (Å²) in [6.45, 7) is 10.8. The number of methoxy groups -OCH3 is 1. The van der Waals surface area contributed by atoms with Crippen LogP contribution in [-0.2, 0) is 63.7 Å². The summed E-state index contributed by atoms with van der Waals surface area (Å²) in [5, 5.41) is 34.2. The molecular weight excluding hydrogens is 805 g/mol. The lowest BCUT2D eigenvalue weighted by molar-refractivity contribution is -0.328. The first kappa shape index (κ1) is 50.9. The van der Waals surface area contributed by atoms with Crippen molar-refractivity contribution in [3.05, 3.63) is 59.7 Å². The van der Waals surface area contributed by atoms with Gasteiger partial charge in [0.2, 0.25) is 5.79 Å². The van der Waals surface area contributed by atoms with Crippen molar-refractivity contribution in [2.24, 2.45) is 10.8 Å². The van der Waals surface area contributed by atoms with Crippen molar-refractivity contribution in [1.29, 1.82) is 0 Å². The Morgan fingerprint density at radius 1 is 0.984 bits per heavy atom. The standard InChI is InChI=1S/C47H70O15/c1-8-9-10-11-15-18-39(50)61-44-33(24-40(51)55-7)23-36-27-37(31(2)57-29-32-16-13-12-14-17-32)59-41(52)25-34(49)26-42(53)60-38(45(3,4)30-48)28-35-20-22-56-43(58-35)19-21-46(5,6)47(44,54)62-36/h12-14,16-17,19,21,24,31,34-38,43-44,48-49,54H,8-11,15,18,20,22-23,25-30H2,1-7H3/b21-19+,33-24+/t31-,34+,35+,36+,37-,38+,43+,44+,47-/m1/s1. The maximum absolute atomic E-state index is 13.6. The van der Waals surface area contributed by atoms with E-state index < -0.39 is 102 Å². The third-order valence-corrected chi connectivity index (χ3v) is 11.9. The highest BCUT2D eigenvalue weighted by molar-refractivity contribution is 5.83. The van der Waals surface area contributed by atoms with Gasteiger partial charge in [-0.05, 0) is 43.4 Å². The Morgan fingerprint density at radius 2 is 1.68 bits per heavy atom. The molecule has 3 heterocycles. The number of carbonyl (C=O) groups excluding carboxylic acids is 4. The van der Waals surface area contributed by atoms with E-state index in [1.165, 1.54) is 13.2 Å². The molecule has 4 rings (SSSR count). The van der Waals surface area contributed by atoms with Crippen LogP contribution >= 0.6 is 0 Å². The number of aliphatic hydroxyl groups excluding tert-OH is 2. The van der Waals surface area contributed by atoms with Crippen LogP contribution in [0.3, 0.4) is 0 Å². The molecule has 0 spiro atoms. The monoisotopic (exact) mass is 874 g/mol. The van der Waals surface area contributed by atoms with Crippen molar-refractivity contribution in [2.45, 2.75) is 180 Å². The summed E-state index contributed by atoms with van der Waals surface area (Å²) in [5.41, 5.74) is -1.21. The van der Waals surface area contributed by atoms with Gasteiger partial charge >= 0.3 is 23.9 Å². The summed E-state index contributed by atoms with van der Waals surface area (Å²) in [6, 6.07) is 9.38. The van der Waals surface area contributed by atoms with Crippen LogP contribution in [0.15, 0.2) is 54.1 Å². The maximum atomic E-state index is 13.6. The van der Waals surface area contributed by atoms with Crippen molar-refractivity contribution >= 4 is 23.9 Å². The highest BCUT2D eigenvalue weighted by Crippen LogP contribution is 2.47. The smallest absolute Gasteiger partial charge is 0.330 e. The molecule has 15 nitrogen and oxygen atoms in total. The van der Waals surface area contributed by atoms with E-state index in [1.54, 1.807) is 46.8 Å². The Balaban J connectivity index is 1.78. The van der Waals surface area contributed by atoms with Crippen LogP contribution in [-0.4, -0.2) is 114 Å². The van der Waals surface area contributed by atoms with E-state index in [2.05, 4.69) is 6.92 Å². The van der Waals surface area contributed by atoms with Crippen molar-refractivity contribution in [1.82, 2.24) is 0 Å². The van der Waals surface area contributed by atoms with Gasteiger partial charge in [-0.25, -0.2) is 4.79 Å². The highest BCUT2D eigenvalue weighted by atomic mass is 16.7. The number of hydrogen-bond donors (Lipinski definition) is 3. The zero-order valence-electron chi connectivity index (χ0n) is 37.6. The number of rotatable bonds is 14. The number of ether oxygens (including phenoxy) is 8. The molecule has 0 saturated carbocycles. The first-order valence-electron chi connectivity index (χ1n) is 22.1. The first-order valence-corrected chi connectivity index (χ1v) is 22.1. The Hall–Kier alpha value is -3.70. The lowest BCUT2D eigenvalue weighted by Crippen LogP contribution is -2.62. The first-order chi connectivity index (χ1) is 29.4. The second-order valence-electron chi connectivity index (χ2n) is 18.0. The van der Waals surface area contributed by atoms with Gasteiger partial charge in [0.05, 0.1) is 64.2 Å². The zero-order chi connectivity index (χ0) is 45.5. The summed E-state index contributed by atoms with van der Waals surface area (Å²) in [5.74, 6) is -5.26. The van der Waals surface area contributed by atoms with Crippen LogP contribution in [0.5, 0.6) is 0 Å². The van der Waals surface area contributed by atoms with Gasteiger partial charge in [-0.15, -0.1) is 0 Å². The molecule has 3 N–H and O–H groups in total. The topological polar surface area (TPSA) is 203 Å². The number of hydrogen-bond acceptors (Lipinski definition) is 15. The minimum Gasteiger partial charge on any atom is -0.466 e. The Labute approximate surface area is 366 Å². The average molecular weight is 875 g/mol. The molecule has 0 aliphatic carbocycles. The molecule has 0 radical (unpaired) electrons. The maximum Gasteiger partial charge on any atom is 0.330 e. The Bertz CT molecular complexity index is 1660. The molecule has 348 valence electrons. The van der Waals surface area contributed by atoms with E-state index in [1.807, 2.05) is 30.3 Å². The fourth-order valence-corrected chi connectivity index (χ4v) is 7.74. The van der Waals surface area contributed by atoms with Gasteiger partial charge in [-0.1, -0.05) is 96.7 Å². The lowest BCUT2D eigenvalue weighted by atomic mass is 9.74. The predicted molar refractivity (Wildman–Crippen MR) is 226 cm³/mol. The number of unbranched alkanes of at least 4 members (excludes halogenated alkanes) is 4. The van der Waals surface area contributed by atoms with Crippen molar-refractivity contribution in [3.8, 4) is 0 Å². The minimum absolute atomic E-state index is 0.0402. The fraction of sp³-hybridized carbons (Fsp3) is 0.702. The van der Waals surface area contributed by atoms with E-state index in [0.29, 0.717) is 12.8 Å². The third kappa shape index (κ3) is 15.0. The van der Waals surface area contributed by atoms with Gasteiger partial charge in [0.1, 0.15) is 12.2 Å². The molecule has 4 bridgehead atoms. The Kier molecular flexibility index (Phi) is 19.6. The summed E-state index contributed by atoms with van der Waals surface area (Å²) in [4.78, 5) is 53.3. The van der Waals surface area contributed by atoms with Crippen LogP contribution in [0.4, 0.5) is 0 Å². The summed E-state index contributed by atoms with van der Waals surface area (Å²) < 4.78 is 48.0. The van der Waals surface area contributed by atoms with Crippen LogP contribution in [0.2, 0.25) is 0 Å². The number of fused-ring (bicyclic) bond motifs is 4. The van der Waals surface area contributed by atoms with Crippen LogP contribution in [0.25, 0.3) is 0 Å². The quantitative estimate of drug-likeness (QED) is 0.0652. The molecule has 3 aliphatic rings. The molecule has 0 unspecified atom stereocenters. The lowest BCUT2D eigenvalue weighted by Gasteiger charge is -2.51. The second-order valence-corrected chi connectivity index (χ2v) is 18.0. The normalized spacial score (nSPS) is 30.6. The molecule has 1 aromatic rings. The van der Waals surface area contributed by atoms with E-state index in [-0.39, 0.29) is 51.1 Å². The van der Waals surface area contributed by atoms with Crippen LogP contribution < -0.4 is 0 Å². The minimum atomic E-state index is -2.33. The third-order valence-electron chi connectivity index (χ3n) is 11.9. The molecule has 62 heavy (non-hydrogen) atoms. The Morgan fingerprint density at radius 3 is 2.35 bits per heavy atom. The SMILES string of the molecule is CCCCCCCC(=O)O[C@H]1/C(=C/C(=O)OC)C[C@H]2C[C@H]([C@@H](C)OCc3ccccc3)OC(=O)C[C@H](O)CC(=O)O[C@H](C(C)(C)CO)C[C@@H]3CCO[C@H](/C=C/C(C)(C)[C@]1(O)O2)O3. The van der Waals surface area contributed by atoms with E-state index in [0.717, 1.165) is 31.2 Å². The number of carbonyl (C=O) groups is 4. The molecule has 2 saturated heterocycles. The van der Waals surface area contributed by atoms with Gasteiger partial charge in [-0.3, -0.25) is 14.4 Å². The van der Waals surface area contributed by atoms with E-state index in [4.69, 9.17) is 37.9 Å². The van der Waals surface area contributed by atoms with Crippen molar-refractivity contribution in [2.75, 3.05) is 20.3 Å². The van der Waals surface area contributed by atoms with Gasteiger partial charge in [0.15, 0.2) is 12.4 Å². The van der Waals surface area contributed by atoms with Gasteiger partial charge < -0.3 is 53.2 Å².